The molecule has 0 saturated heterocycles. The Kier molecular flexibility index (Phi) is 4.51. The smallest absolute Gasteiger partial charge is 0.321 e. The second kappa shape index (κ2) is 6.15. The van der Waals surface area contributed by atoms with Gasteiger partial charge in [-0.1, -0.05) is 28.1 Å². The Morgan fingerprint density at radius 1 is 1.45 bits per heavy atom. The molecule has 0 spiro atoms. The van der Waals surface area contributed by atoms with Crippen LogP contribution >= 0.6 is 15.9 Å². The van der Waals surface area contributed by atoms with Crippen molar-refractivity contribution in [2.45, 2.75) is 13.0 Å². The molecule has 1 heterocycles. The standard InChI is InChI=1S/C13H13BrN2O4/c1-2-20-13(19)9-11(17)10(15-16-12(9)18)7-3-5-8(14)6-4-7/h3-6,9,11,17H,2H2,1H3,(H,16,18). The van der Waals surface area contributed by atoms with Crippen molar-refractivity contribution in [2.75, 3.05) is 6.61 Å². The lowest BCUT2D eigenvalue weighted by Crippen LogP contribution is -2.50. The largest absolute Gasteiger partial charge is 0.465 e. The van der Waals surface area contributed by atoms with Crippen LogP contribution in [0, 0.1) is 5.92 Å². The van der Waals surface area contributed by atoms with Gasteiger partial charge in [0, 0.05) is 10.0 Å². The first-order valence-corrected chi connectivity index (χ1v) is 6.82. The number of hydrazone groups is 1. The second-order valence-corrected chi connectivity index (χ2v) is 5.07. The summed E-state index contributed by atoms with van der Waals surface area (Å²) in [5.41, 5.74) is 3.09. The van der Waals surface area contributed by atoms with Crippen molar-refractivity contribution < 1.29 is 19.4 Å². The summed E-state index contributed by atoms with van der Waals surface area (Å²) in [6, 6.07) is 7.01. The minimum atomic E-state index is -1.33. The molecule has 1 aliphatic heterocycles. The summed E-state index contributed by atoms with van der Waals surface area (Å²) in [6.45, 7) is 1.77. The number of esters is 1. The van der Waals surface area contributed by atoms with E-state index >= 15 is 0 Å². The van der Waals surface area contributed by atoms with E-state index in [1.54, 1.807) is 31.2 Å². The Bertz CT molecular complexity index is 556. The molecule has 1 aliphatic rings. The van der Waals surface area contributed by atoms with E-state index in [2.05, 4.69) is 26.5 Å². The summed E-state index contributed by atoms with van der Waals surface area (Å²) in [5, 5.41) is 14.0. The SMILES string of the molecule is CCOC(=O)C1C(=O)NN=C(c2ccc(Br)cc2)C1O. The van der Waals surface area contributed by atoms with Crippen molar-refractivity contribution in [3.8, 4) is 0 Å². The van der Waals surface area contributed by atoms with E-state index in [1.807, 2.05) is 0 Å². The van der Waals surface area contributed by atoms with Gasteiger partial charge in [0.2, 0.25) is 0 Å². The number of carbonyl (C=O) groups excluding carboxylic acids is 2. The van der Waals surface area contributed by atoms with Crippen LogP contribution in [-0.4, -0.2) is 35.4 Å². The van der Waals surface area contributed by atoms with Crippen molar-refractivity contribution >= 4 is 33.5 Å². The van der Waals surface area contributed by atoms with Crippen LogP contribution in [0.5, 0.6) is 0 Å². The lowest BCUT2D eigenvalue weighted by Gasteiger charge is -2.25. The topological polar surface area (TPSA) is 88.0 Å². The molecule has 1 aromatic rings. The molecule has 20 heavy (non-hydrogen) atoms. The Balaban J connectivity index is 2.29. The molecule has 2 N–H and O–H groups in total. The fraction of sp³-hybridized carbons (Fsp3) is 0.308. The predicted octanol–water partition coefficient (Wildman–Crippen LogP) is 0.823. The monoisotopic (exact) mass is 340 g/mol. The predicted molar refractivity (Wildman–Crippen MR) is 75.0 cm³/mol. The van der Waals surface area contributed by atoms with Gasteiger partial charge in [0.05, 0.1) is 12.3 Å². The van der Waals surface area contributed by atoms with Crippen molar-refractivity contribution in [1.82, 2.24) is 5.43 Å². The van der Waals surface area contributed by atoms with Gasteiger partial charge in [-0.05, 0) is 19.1 Å². The van der Waals surface area contributed by atoms with E-state index in [4.69, 9.17) is 4.74 Å². The molecule has 1 amide bonds. The van der Waals surface area contributed by atoms with Gasteiger partial charge in [0.15, 0.2) is 5.92 Å². The number of hydrogen-bond acceptors (Lipinski definition) is 5. The molecule has 0 radical (unpaired) electrons. The number of nitrogens with zero attached hydrogens (tertiary/aromatic N) is 1. The van der Waals surface area contributed by atoms with Gasteiger partial charge in [-0.3, -0.25) is 9.59 Å². The van der Waals surface area contributed by atoms with E-state index in [-0.39, 0.29) is 12.3 Å². The van der Waals surface area contributed by atoms with Gasteiger partial charge in [0.1, 0.15) is 6.10 Å². The molecule has 7 heteroatoms. The molecule has 0 bridgehead atoms. The van der Waals surface area contributed by atoms with Gasteiger partial charge < -0.3 is 9.84 Å². The molecule has 6 nitrogen and oxygen atoms in total. The highest BCUT2D eigenvalue weighted by Gasteiger charge is 2.41. The number of aliphatic hydroxyl groups is 1. The van der Waals surface area contributed by atoms with Gasteiger partial charge in [-0.25, -0.2) is 5.43 Å². The number of halogens is 1. The lowest BCUT2D eigenvalue weighted by atomic mass is 9.92. The number of ether oxygens (including phenoxy) is 1. The molecule has 106 valence electrons. The molecular weight excluding hydrogens is 328 g/mol. The zero-order valence-electron chi connectivity index (χ0n) is 10.7. The first-order valence-electron chi connectivity index (χ1n) is 6.02. The molecule has 1 aromatic carbocycles. The molecule has 2 unspecified atom stereocenters. The highest BCUT2D eigenvalue weighted by Crippen LogP contribution is 2.19. The zero-order chi connectivity index (χ0) is 14.7. The second-order valence-electron chi connectivity index (χ2n) is 4.15. The quantitative estimate of drug-likeness (QED) is 0.630. The summed E-state index contributed by atoms with van der Waals surface area (Å²) >= 11 is 3.30. The number of aliphatic hydroxyl groups excluding tert-OH is 1. The molecule has 0 aromatic heterocycles. The first kappa shape index (κ1) is 14.7. The van der Waals surface area contributed by atoms with E-state index in [0.29, 0.717) is 5.56 Å². The maximum atomic E-state index is 11.7. The Morgan fingerprint density at radius 3 is 2.70 bits per heavy atom. The summed E-state index contributed by atoms with van der Waals surface area (Å²) in [7, 11) is 0. The molecule has 0 fully saturated rings. The third-order valence-corrected chi connectivity index (χ3v) is 3.37. The molecular formula is C13H13BrN2O4. The lowest BCUT2D eigenvalue weighted by molar-refractivity contribution is -0.155. The Labute approximate surface area is 123 Å². The van der Waals surface area contributed by atoms with E-state index in [9.17, 15) is 14.7 Å². The fourth-order valence-electron chi connectivity index (χ4n) is 1.88. The highest BCUT2D eigenvalue weighted by molar-refractivity contribution is 9.10. The summed E-state index contributed by atoms with van der Waals surface area (Å²) < 4.78 is 5.68. The average molecular weight is 341 g/mol. The van der Waals surface area contributed by atoms with Crippen molar-refractivity contribution in [1.29, 1.82) is 0 Å². The van der Waals surface area contributed by atoms with Crippen molar-refractivity contribution in [3.63, 3.8) is 0 Å². The maximum Gasteiger partial charge on any atom is 0.321 e. The van der Waals surface area contributed by atoms with Crippen LogP contribution in [0.15, 0.2) is 33.8 Å². The summed E-state index contributed by atoms with van der Waals surface area (Å²) in [5.74, 6) is -2.73. The average Bonchev–Trinajstić information content (AvgIpc) is 2.41. The Hall–Kier alpha value is -1.73. The van der Waals surface area contributed by atoms with Crippen molar-refractivity contribution in [3.05, 3.63) is 34.3 Å². The van der Waals surface area contributed by atoms with Crippen LogP contribution in [0.25, 0.3) is 0 Å². The van der Waals surface area contributed by atoms with Gasteiger partial charge >= 0.3 is 5.97 Å². The van der Waals surface area contributed by atoms with Gasteiger partial charge in [-0.2, -0.15) is 5.10 Å². The number of nitrogens with one attached hydrogen (secondary N) is 1. The molecule has 0 saturated carbocycles. The normalized spacial score (nSPS) is 21.9. The van der Waals surface area contributed by atoms with E-state index in [1.165, 1.54) is 0 Å². The zero-order valence-corrected chi connectivity index (χ0v) is 12.3. The number of hydrogen-bond donors (Lipinski definition) is 2. The fourth-order valence-corrected chi connectivity index (χ4v) is 2.14. The Morgan fingerprint density at radius 2 is 2.10 bits per heavy atom. The van der Waals surface area contributed by atoms with Gasteiger partial charge in [0.25, 0.3) is 5.91 Å². The highest BCUT2D eigenvalue weighted by atomic mass is 79.9. The third-order valence-electron chi connectivity index (χ3n) is 2.85. The van der Waals surface area contributed by atoms with E-state index in [0.717, 1.165) is 4.47 Å². The number of rotatable bonds is 3. The molecule has 2 rings (SSSR count). The van der Waals surface area contributed by atoms with Crippen molar-refractivity contribution in [2.24, 2.45) is 11.0 Å². The third kappa shape index (κ3) is 2.88. The van der Waals surface area contributed by atoms with Crippen LogP contribution in [0.4, 0.5) is 0 Å². The molecule has 2 atom stereocenters. The number of carbonyl (C=O) groups is 2. The van der Waals surface area contributed by atoms with Crippen LogP contribution in [0.2, 0.25) is 0 Å². The number of amides is 1. The molecule has 0 aliphatic carbocycles. The maximum absolute atomic E-state index is 11.7. The van der Waals surface area contributed by atoms with Crippen LogP contribution in [0.1, 0.15) is 12.5 Å². The minimum Gasteiger partial charge on any atom is -0.465 e. The first-order chi connectivity index (χ1) is 9.54. The van der Waals surface area contributed by atoms with Crippen LogP contribution in [0.3, 0.4) is 0 Å². The van der Waals surface area contributed by atoms with E-state index < -0.39 is 23.9 Å². The summed E-state index contributed by atoms with van der Waals surface area (Å²) in [4.78, 5) is 23.4. The summed E-state index contributed by atoms with van der Waals surface area (Å²) in [6.07, 6.45) is -1.33. The van der Waals surface area contributed by atoms with Gasteiger partial charge in [-0.15, -0.1) is 0 Å². The van der Waals surface area contributed by atoms with Crippen LogP contribution < -0.4 is 5.43 Å². The minimum absolute atomic E-state index is 0.139. The number of benzene rings is 1. The van der Waals surface area contributed by atoms with Crippen LogP contribution in [-0.2, 0) is 14.3 Å².